The van der Waals surface area contributed by atoms with Gasteiger partial charge in [0.05, 0.1) is 0 Å². The zero-order chi connectivity index (χ0) is 22.3. The minimum Gasteiger partial charge on any atom is -0.426 e. The minimum atomic E-state index is -4.20. The van der Waals surface area contributed by atoms with Gasteiger partial charge in [0.2, 0.25) is 0 Å². The lowest BCUT2D eigenvalue weighted by molar-refractivity contribution is 0.129. The van der Waals surface area contributed by atoms with Crippen LogP contribution in [0.5, 0.6) is 11.5 Å². The van der Waals surface area contributed by atoms with Crippen LogP contribution in [0.4, 0.5) is 10.5 Å². The van der Waals surface area contributed by atoms with Crippen molar-refractivity contribution in [1.29, 1.82) is 5.41 Å². The summed E-state index contributed by atoms with van der Waals surface area (Å²) in [5, 5.41) is 9.94. The predicted octanol–water partition coefficient (Wildman–Crippen LogP) is 4.44. The molecule has 31 heavy (non-hydrogen) atoms. The van der Waals surface area contributed by atoms with Crippen LogP contribution in [0.15, 0.2) is 84.9 Å². The Hall–Kier alpha value is -3.97. The van der Waals surface area contributed by atoms with Crippen LogP contribution in [0, 0.1) is 5.41 Å². The molecule has 6 N–H and O–H groups in total. The molecule has 0 radical (unpaired) electrons. The zero-order valence-electron chi connectivity index (χ0n) is 16.3. The molecular formula is C21H21N4O5P. The Morgan fingerprint density at radius 2 is 1.32 bits per heavy atom. The standard InChI is InChI=1S/C21H21N4O5P/c22-20(23)25-16-13-11-15(12-14-16)19(28-21(24)26)31(27,29-17-7-3-1-4-8-17)30-18-9-5-2-6-10-18/h1-14,19H,(H2,24,26)(H4,22,23,25). The van der Waals surface area contributed by atoms with Crippen molar-refractivity contribution in [3.63, 3.8) is 0 Å². The Morgan fingerprint density at radius 3 is 1.74 bits per heavy atom. The molecular weight excluding hydrogens is 419 g/mol. The Kier molecular flexibility index (Phi) is 6.79. The van der Waals surface area contributed by atoms with Gasteiger partial charge in [-0.1, -0.05) is 48.5 Å². The molecule has 3 aromatic carbocycles. The van der Waals surface area contributed by atoms with Gasteiger partial charge in [-0.25, -0.2) is 9.36 Å². The lowest BCUT2D eigenvalue weighted by Gasteiger charge is -2.27. The molecule has 0 heterocycles. The second-order valence-electron chi connectivity index (χ2n) is 6.30. The van der Waals surface area contributed by atoms with E-state index in [1.54, 1.807) is 72.8 Å². The van der Waals surface area contributed by atoms with Crippen molar-refractivity contribution in [2.24, 2.45) is 11.5 Å². The Morgan fingerprint density at radius 1 is 0.839 bits per heavy atom. The van der Waals surface area contributed by atoms with Crippen LogP contribution < -0.4 is 25.8 Å². The van der Waals surface area contributed by atoms with Crippen molar-refractivity contribution in [3.05, 3.63) is 90.5 Å². The number of ether oxygens (including phenoxy) is 1. The molecule has 0 spiro atoms. The summed E-state index contributed by atoms with van der Waals surface area (Å²) in [5.74, 6) is -1.19. The molecule has 0 aliphatic heterocycles. The fraction of sp³-hybridized carbons (Fsp3) is 0.0476. The van der Waals surface area contributed by atoms with Gasteiger partial charge >= 0.3 is 13.7 Å². The van der Waals surface area contributed by atoms with Gasteiger partial charge in [0.25, 0.3) is 5.85 Å². The molecule has 1 amide bonds. The predicted molar refractivity (Wildman–Crippen MR) is 117 cm³/mol. The van der Waals surface area contributed by atoms with Gasteiger partial charge < -0.3 is 30.6 Å². The van der Waals surface area contributed by atoms with Gasteiger partial charge in [-0.3, -0.25) is 5.41 Å². The van der Waals surface area contributed by atoms with Crippen LogP contribution in [0.2, 0.25) is 0 Å². The second kappa shape index (κ2) is 9.69. The fourth-order valence-electron chi connectivity index (χ4n) is 2.68. The van der Waals surface area contributed by atoms with Gasteiger partial charge in [-0.05, 0) is 36.4 Å². The first-order valence-electron chi connectivity index (χ1n) is 9.12. The maximum atomic E-state index is 14.0. The SMILES string of the molecule is N=C(N)Nc1ccc(C(OC(N)=O)P(=O)(Oc2ccccc2)Oc2ccccc2)cc1. The van der Waals surface area contributed by atoms with Crippen LogP contribution in [0.3, 0.4) is 0 Å². The van der Waals surface area contributed by atoms with E-state index in [9.17, 15) is 9.36 Å². The number of anilines is 1. The maximum Gasteiger partial charge on any atom is 0.475 e. The summed E-state index contributed by atoms with van der Waals surface area (Å²) in [5.41, 5.74) is 11.4. The van der Waals surface area contributed by atoms with Crippen molar-refractivity contribution >= 4 is 25.3 Å². The first-order valence-corrected chi connectivity index (χ1v) is 10.7. The largest absolute Gasteiger partial charge is 0.475 e. The zero-order valence-corrected chi connectivity index (χ0v) is 17.2. The highest BCUT2D eigenvalue weighted by atomic mass is 31.2. The van der Waals surface area contributed by atoms with Crippen molar-refractivity contribution < 1.29 is 23.1 Å². The van der Waals surface area contributed by atoms with E-state index in [4.69, 9.17) is 30.7 Å². The van der Waals surface area contributed by atoms with E-state index in [1.807, 2.05) is 0 Å². The Bertz CT molecular complexity index is 1030. The molecule has 3 aromatic rings. The molecule has 9 nitrogen and oxygen atoms in total. The summed E-state index contributed by atoms with van der Waals surface area (Å²) in [6.07, 6.45) is -1.15. The highest BCUT2D eigenvalue weighted by molar-refractivity contribution is 7.54. The molecule has 0 aliphatic rings. The highest BCUT2D eigenvalue weighted by Gasteiger charge is 2.44. The topological polar surface area (TPSA) is 150 Å². The van der Waals surface area contributed by atoms with E-state index in [0.29, 0.717) is 11.3 Å². The number of nitrogens with one attached hydrogen (secondary N) is 2. The number of rotatable bonds is 8. The Balaban J connectivity index is 2.03. The average Bonchev–Trinajstić information content (AvgIpc) is 2.73. The maximum absolute atomic E-state index is 14.0. The first kappa shape index (κ1) is 21.7. The fourth-order valence-corrected chi connectivity index (χ4v) is 4.51. The second-order valence-corrected chi connectivity index (χ2v) is 8.21. The van der Waals surface area contributed by atoms with E-state index in [1.165, 1.54) is 12.1 Å². The van der Waals surface area contributed by atoms with Crippen LogP contribution in [-0.2, 0) is 9.30 Å². The summed E-state index contributed by atoms with van der Waals surface area (Å²) < 4.78 is 30.7. The van der Waals surface area contributed by atoms with E-state index >= 15 is 0 Å². The number of para-hydroxylation sites is 2. The van der Waals surface area contributed by atoms with Crippen LogP contribution in [0.25, 0.3) is 0 Å². The number of amides is 1. The van der Waals surface area contributed by atoms with Crippen LogP contribution >= 0.6 is 7.60 Å². The number of hydrogen-bond acceptors (Lipinski definition) is 6. The van der Waals surface area contributed by atoms with Gasteiger partial charge in [0, 0.05) is 11.3 Å². The molecule has 0 saturated carbocycles. The van der Waals surface area contributed by atoms with Crippen molar-refractivity contribution in [2.45, 2.75) is 5.85 Å². The Labute approximate surface area is 179 Å². The first-order chi connectivity index (χ1) is 14.9. The average molecular weight is 440 g/mol. The molecule has 1 unspecified atom stereocenters. The molecule has 10 heteroatoms. The van der Waals surface area contributed by atoms with Gasteiger partial charge in [-0.15, -0.1) is 0 Å². The normalized spacial score (nSPS) is 11.7. The van der Waals surface area contributed by atoms with Crippen LogP contribution in [0.1, 0.15) is 11.4 Å². The highest BCUT2D eigenvalue weighted by Crippen LogP contribution is 2.60. The number of benzene rings is 3. The van der Waals surface area contributed by atoms with E-state index in [2.05, 4.69) is 5.32 Å². The molecule has 0 saturated heterocycles. The lowest BCUT2D eigenvalue weighted by atomic mass is 10.2. The molecule has 0 aliphatic carbocycles. The monoisotopic (exact) mass is 440 g/mol. The third-order valence-electron chi connectivity index (χ3n) is 3.94. The molecule has 0 bridgehead atoms. The van der Waals surface area contributed by atoms with Gasteiger partial charge in [-0.2, -0.15) is 0 Å². The molecule has 0 aromatic heterocycles. The van der Waals surface area contributed by atoms with Crippen molar-refractivity contribution in [3.8, 4) is 11.5 Å². The number of carbonyl (C=O) groups is 1. The number of guanidine groups is 1. The van der Waals surface area contributed by atoms with Crippen LogP contribution in [-0.4, -0.2) is 12.1 Å². The molecule has 160 valence electrons. The van der Waals surface area contributed by atoms with E-state index in [0.717, 1.165) is 0 Å². The number of hydrogen-bond donors (Lipinski definition) is 4. The quantitative estimate of drug-likeness (QED) is 0.230. The molecule has 0 fully saturated rings. The summed E-state index contributed by atoms with van der Waals surface area (Å²) in [4.78, 5) is 11.7. The van der Waals surface area contributed by atoms with Crippen molar-refractivity contribution in [1.82, 2.24) is 0 Å². The minimum absolute atomic E-state index is 0.247. The molecule has 1 atom stereocenters. The van der Waals surface area contributed by atoms with Gasteiger partial charge in [0.1, 0.15) is 11.5 Å². The number of primary amides is 1. The summed E-state index contributed by atoms with van der Waals surface area (Å²) in [7, 11) is -4.20. The third-order valence-corrected chi connectivity index (χ3v) is 5.85. The van der Waals surface area contributed by atoms with Gasteiger partial charge in [0.15, 0.2) is 5.96 Å². The third kappa shape index (κ3) is 6.01. The van der Waals surface area contributed by atoms with E-state index < -0.39 is 19.5 Å². The summed E-state index contributed by atoms with van der Waals surface area (Å²) >= 11 is 0. The number of carbonyl (C=O) groups excluding carboxylic acids is 1. The molecule has 3 rings (SSSR count). The van der Waals surface area contributed by atoms with Crippen molar-refractivity contribution in [2.75, 3.05) is 5.32 Å². The summed E-state index contributed by atoms with van der Waals surface area (Å²) in [6, 6.07) is 23.0. The smallest absolute Gasteiger partial charge is 0.426 e. The lowest BCUT2D eigenvalue weighted by Crippen LogP contribution is -2.22. The summed E-state index contributed by atoms with van der Waals surface area (Å²) in [6.45, 7) is 0. The number of nitrogens with two attached hydrogens (primary N) is 2. The van der Waals surface area contributed by atoms with E-state index in [-0.39, 0.29) is 17.5 Å².